The third-order valence-electron chi connectivity index (χ3n) is 1.61. The van der Waals surface area contributed by atoms with Gasteiger partial charge in [-0.15, -0.1) is 0 Å². The smallest absolute Gasteiger partial charge is 0.331 e. The highest BCUT2D eigenvalue weighted by molar-refractivity contribution is 6.32. The van der Waals surface area contributed by atoms with Crippen LogP contribution in [-0.4, -0.2) is 11.1 Å². The Hall–Kier alpha value is -1.28. The molecule has 0 atom stereocenters. The zero-order chi connectivity index (χ0) is 9.84. The van der Waals surface area contributed by atoms with E-state index in [4.69, 9.17) is 16.7 Å². The largest absolute Gasteiger partial charge is 0.478 e. The lowest BCUT2D eigenvalue weighted by Gasteiger charge is -1.97. The number of aliphatic carboxylic acids is 1. The summed E-state index contributed by atoms with van der Waals surface area (Å²) in [5.74, 6) is -0.931. The Morgan fingerprint density at radius 3 is 2.62 bits per heavy atom. The predicted octanol–water partition coefficient (Wildman–Crippen LogP) is 2.83. The first-order valence-electron chi connectivity index (χ1n) is 3.77. The Morgan fingerprint density at radius 2 is 2.08 bits per heavy atom. The quantitative estimate of drug-likeness (QED) is 0.739. The summed E-state index contributed by atoms with van der Waals surface area (Å²) in [7, 11) is 0. The molecule has 0 radical (unpaired) electrons. The van der Waals surface area contributed by atoms with Crippen LogP contribution in [0.4, 0.5) is 0 Å². The van der Waals surface area contributed by atoms with Gasteiger partial charge in [0.25, 0.3) is 0 Å². The lowest BCUT2D eigenvalue weighted by atomic mass is 10.1. The number of rotatable bonds is 2. The minimum absolute atomic E-state index is 0.271. The van der Waals surface area contributed by atoms with E-state index in [1.54, 1.807) is 24.3 Å². The average molecular weight is 197 g/mol. The number of carbonyl (C=O) groups is 1. The van der Waals surface area contributed by atoms with Gasteiger partial charge in [0.05, 0.1) is 0 Å². The maximum atomic E-state index is 10.5. The van der Waals surface area contributed by atoms with Crippen LogP contribution >= 0.6 is 11.6 Å². The second-order valence-electron chi connectivity index (χ2n) is 2.65. The van der Waals surface area contributed by atoms with Gasteiger partial charge in [-0.3, -0.25) is 0 Å². The topological polar surface area (TPSA) is 37.3 Å². The first kappa shape index (κ1) is 9.81. The summed E-state index contributed by atoms with van der Waals surface area (Å²) >= 11 is 5.84. The van der Waals surface area contributed by atoms with E-state index in [0.29, 0.717) is 5.02 Å². The molecule has 0 unspecified atom stereocenters. The fraction of sp³-hybridized carbons (Fsp3) is 0.100. The molecule has 0 aromatic heterocycles. The van der Waals surface area contributed by atoms with Crippen molar-refractivity contribution in [2.75, 3.05) is 0 Å². The second-order valence-corrected chi connectivity index (χ2v) is 3.06. The van der Waals surface area contributed by atoms with E-state index in [-0.39, 0.29) is 5.57 Å². The highest BCUT2D eigenvalue weighted by Crippen LogP contribution is 2.17. The zero-order valence-electron chi connectivity index (χ0n) is 7.12. The van der Waals surface area contributed by atoms with Crippen molar-refractivity contribution in [3.05, 3.63) is 40.4 Å². The molecular weight excluding hydrogens is 188 g/mol. The van der Waals surface area contributed by atoms with Crippen LogP contribution in [0.15, 0.2) is 29.8 Å². The molecule has 2 nitrogen and oxygen atoms in total. The molecule has 3 heteroatoms. The van der Waals surface area contributed by atoms with Crippen molar-refractivity contribution in [2.45, 2.75) is 6.92 Å². The molecular formula is C10H9ClO2. The minimum Gasteiger partial charge on any atom is -0.478 e. The zero-order valence-corrected chi connectivity index (χ0v) is 7.88. The standard InChI is InChI=1S/C10H9ClO2/c1-7(10(12)13)6-8-4-2-3-5-9(8)11/h2-6H,1H3,(H,12,13)/b7-6-. The molecule has 0 amide bonds. The van der Waals surface area contributed by atoms with E-state index < -0.39 is 5.97 Å². The number of benzene rings is 1. The van der Waals surface area contributed by atoms with Crippen LogP contribution < -0.4 is 0 Å². The number of carboxylic acids is 1. The van der Waals surface area contributed by atoms with Crippen LogP contribution in [0.1, 0.15) is 12.5 Å². The van der Waals surface area contributed by atoms with E-state index in [1.807, 2.05) is 6.07 Å². The third kappa shape index (κ3) is 2.60. The van der Waals surface area contributed by atoms with Gasteiger partial charge in [0.1, 0.15) is 0 Å². The van der Waals surface area contributed by atoms with Crippen LogP contribution in [0, 0.1) is 0 Å². The summed E-state index contributed by atoms with van der Waals surface area (Å²) in [6.45, 7) is 1.53. The molecule has 0 aliphatic carbocycles. The molecule has 13 heavy (non-hydrogen) atoms. The maximum absolute atomic E-state index is 10.5. The van der Waals surface area contributed by atoms with Gasteiger partial charge in [0.15, 0.2) is 0 Å². The molecule has 0 spiro atoms. The average Bonchev–Trinajstić information content (AvgIpc) is 2.08. The third-order valence-corrected chi connectivity index (χ3v) is 1.96. The molecule has 0 aliphatic heterocycles. The Morgan fingerprint density at radius 1 is 1.46 bits per heavy atom. The van der Waals surface area contributed by atoms with Crippen molar-refractivity contribution in [3.63, 3.8) is 0 Å². The Labute approximate surface area is 81.5 Å². The van der Waals surface area contributed by atoms with Crippen molar-refractivity contribution < 1.29 is 9.90 Å². The van der Waals surface area contributed by atoms with E-state index >= 15 is 0 Å². The highest BCUT2D eigenvalue weighted by atomic mass is 35.5. The predicted molar refractivity (Wildman–Crippen MR) is 52.7 cm³/mol. The second kappa shape index (κ2) is 4.10. The molecule has 1 N–H and O–H groups in total. The molecule has 0 bridgehead atoms. The SMILES string of the molecule is C/C(=C/c1ccccc1Cl)C(=O)O. The monoisotopic (exact) mass is 196 g/mol. The van der Waals surface area contributed by atoms with Crippen LogP contribution in [0.3, 0.4) is 0 Å². The van der Waals surface area contributed by atoms with Crippen molar-refractivity contribution in [1.29, 1.82) is 0 Å². The van der Waals surface area contributed by atoms with Gasteiger partial charge in [-0.05, 0) is 24.6 Å². The molecule has 0 aliphatic rings. The molecule has 0 heterocycles. The van der Waals surface area contributed by atoms with Gasteiger partial charge in [0, 0.05) is 10.6 Å². The summed E-state index contributed by atoms with van der Waals surface area (Å²) in [6.07, 6.45) is 1.55. The molecule has 0 fully saturated rings. The summed E-state index contributed by atoms with van der Waals surface area (Å²) in [6, 6.07) is 7.11. The van der Waals surface area contributed by atoms with Crippen LogP contribution in [0.25, 0.3) is 6.08 Å². The van der Waals surface area contributed by atoms with Gasteiger partial charge >= 0.3 is 5.97 Å². The molecule has 68 valence electrons. The minimum atomic E-state index is -0.931. The summed E-state index contributed by atoms with van der Waals surface area (Å²) in [5, 5.41) is 9.18. The lowest BCUT2D eigenvalue weighted by Crippen LogP contribution is -1.95. The van der Waals surface area contributed by atoms with Gasteiger partial charge < -0.3 is 5.11 Å². The van der Waals surface area contributed by atoms with Crippen LogP contribution in [0.5, 0.6) is 0 Å². The van der Waals surface area contributed by atoms with Gasteiger partial charge in [0.2, 0.25) is 0 Å². The Bertz CT molecular complexity index is 356. The number of hydrogen-bond donors (Lipinski definition) is 1. The lowest BCUT2D eigenvalue weighted by molar-refractivity contribution is -0.132. The van der Waals surface area contributed by atoms with Crippen LogP contribution in [0.2, 0.25) is 5.02 Å². The van der Waals surface area contributed by atoms with Gasteiger partial charge in [-0.1, -0.05) is 29.8 Å². The Balaban J connectivity index is 3.04. The first-order valence-corrected chi connectivity index (χ1v) is 4.15. The first-order chi connectivity index (χ1) is 6.11. The number of hydrogen-bond acceptors (Lipinski definition) is 1. The van der Waals surface area contributed by atoms with Crippen molar-refractivity contribution >= 4 is 23.6 Å². The normalized spacial score (nSPS) is 11.4. The maximum Gasteiger partial charge on any atom is 0.331 e. The van der Waals surface area contributed by atoms with Gasteiger partial charge in [-0.25, -0.2) is 4.79 Å². The van der Waals surface area contributed by atoms with Crippen molar-refractivity contribution in [3.8, 4) is 0 Å². The molecule has 1 aromatic rings. The summed E-state index contributed by atoms with van der Waals surface area (Å²) in [4.78, 5) is 10.5. The summed E-state index contributed by atoms with van der Waals surface area (Å²) in [5.41, 5.74) is 0.997. The highest BCUT2D eigenvalue weighted by Gasteiger charge is 2.01. The van der Waals surface area contributed by atoms with Gasteiger partial charge in [-0.2, -0.15) is 0 Å². The Kier molecular flexibility index (Phi) is 3.09. The van der Waals surface area contributed by atoms with E-state index in [0.717, 1.165) is 5.56 Å². The van der Waals surface area contributed by atoms with E-state index in [1.165, 1.54) is 6.92 Å². The van der Waals surface area contributed by atoms with Crippen molar-refractivity contribution in [2.24, 2.45) is 0 Å². The fourth-order valence-electron chi connectivity index (χ4n) is 0.887. The van der Waals surface area contributed by atoms with Crippen LogP contribution in [-0.2, 0) is 4.79 Å². The molecule has 1 rings (SSSR count). The summed E-state index contributed by atoms with van der Waals surface area (Å²) < 4.78 is 0. The number of carboxylic acid groups (broad SMARTS) is 1. The van der Waals surface area contributed by atoms with Crippen molar-refractivity contribution in [1.82, 2.24) is 0 Å². The van der Waals surface area contributed by atoms with E-state index in [2.05, 4.69) is 0 Å². The fourth-order valence-corrected chi connectivity index (χ4v) is 1.08. The molecule has 1 aromatic carbocycles. The van der Waals surface area contributed by atoms with E-state index in [9.17, 15) is 4.79 Å². The molecule has 0 saturated carbocycles. The molecule has 0 saturated heterocycles. The number of halogens is 1.